The van der Waals surface area contributed by atoms with Crippen LogP contribution in [-0.4, -0.2) is 88.8 Å². The zero-order valence-corrected chi connectivity index (χ0v) is 17.9. The van der Waals surface area contributed by atoms with Gasteiger partial charge in [0.1, 0.15) is 0 Å². The van der Waals surface area contributed by atoms with E-state index in [1.807, 2.05) is 42.2 Å². The molecule has 1 aromatic rings. The highest BCUT2D eigenvalue weighted by Gasteiger charge is 2.21. The minimum Gasteiger partial charge on any atom is -0.342 e. The van der Waals surface area contributed by atoms with E-state index in [2.05, 4.69) is 21.4 Å². The van der Waals surface area contributed by atoms with Gasteiger partial charge in [0.15, 0.2) is 0 Å². The summed E-state index contributed by atoms with van der Waals surface area (Å²) in [7, 11) is 0. The lowest BCUT2D eigenvalue weighted by atomic mass is 10.3. The fraction of sp³-hybridized carbons (Fsp3) is 0.750. The Morgan fingerprint density at radius 1 is 1.14 bits per heavy atom. The Morgan fingerprint density at radius 3 is 2.54 bits per heavy atom. The summed E-state index contributed by atoms with van der Waals surface area (Å²) >= 11 is 0. The molecular formula is C20H36N6O2. The third-order valence-corrected chi connectivity index (χ3v) is 5.28. The van der Waals surface area contributed by atoms with Crippen molar-refractivity contribution in [3.05, 3.63) is 17.5 Å². The topological polar surface area (TPSA) is 73.7 Å². The number of carbonyl (C=O) groups excluding carboxylic acids is 2. The molecule has 1 aromatic heterocycles. The van der Waals surface area contributed by atoms with E-state index in [9.17, 15) is 9.59 Å². The van der Waals surface area contributed by atoms with Crippen LogP contribution in [0.2, 0.25) is 0 Å². The van der Waals surface area contributed by atoms with Crippen molar-refractivity contribution in [1.29, 1.82) is 0 Å². The fourth-order valence-corrected chi connectivity index (χ4v) is 3.64. The molecule has 1 saturated heterocycles. The minimum atomic E-state index is -0.00899. The van der Waals surface area contributed by atoms with E-state index < -0.39 is 0 Å². The third-order valence-electron chi connectivity index (χ3n) is 5.28. The summed E-state index contributed by atoms with van der Waals surface area (Å²) in [6.45, 7) is 14.4. The van der Waals surface area contributed by atoms with Crippen LogP contribution >= 0.6 is 0 Å². The molecule has 8 nitrogen and oxygen atoms in total. The van der Waals surface area contributed by atoms with Crippen molar-refractivity contribution in [2.24, 2.45) is 0 Å². The third kappa shape index (κ3) is 6.51. The molecule has 0 aromatic carbocycles. The summed E-state index contributed by atoms with van der Waals surface area (Å²) in [4.78, 5) is 30.7. The standard InChI is InChI=1S/C20H36N6O2/c1-5-24(6-2)19(27)16-23-10-8-11-25(14-13-23)20(28)21-9-7-12-26-18(4)15-17(3)22-26/h15H,5-14,16H2,1-4H3,(H,21,28). The second-order valence-corrected chi connectivity index (χ2v) is 7.42. The van der Waals surface area contributed by atoms with E-state index in [0.717, 1.165) is 63.5 Å². The Labute approximate surface area is 168 Å². The molecule has 2 rings (SSSR count). The van der Waals surface area contributed by atoms with E-state index in [0.29, 0.717) is 19.6 Å². The lowest BCUT2D eigenvalue weighted by molar-refractivity contribution is -0.132. The molecule has 1 N–H and O–H groups in total. The molecule has 0 atom stereocenters. The molecule has 1 aliphatic heterocycles. The first-order chi connectivity index (χ1) is 13.4. The molecule has 0 spiro atoms. The van der Waals surface area contributed by atoms with Crippen molar-refractivity contribution < 1.29 is 9.59 Å². The van der Waals surface area contributed by atoms with Gasteiger partial charge in [-0.1, -0.05) is 0 Å². The lowest BCUT2D eigenvalue weighted by Crippen LogP contribution is -2.44. The predicted octanol–water partition coefficient (Wildman–Crippen LogP) is 1.48. The normalized spacial score (nSPS) is 15.4. The first-order valence-electron chi connectivity index (χ1n) is 10.5. The predicted molar refractivity (Wildman–Crippen MR) is 110 cm³/mol. The summed E-state index contributed by atoms with van der Waals surface area (Å²) in [6, 6.07) is 2.05. The fourth-order valence-electron chi connectivity index (χ4n) is 3.64. The number of hydrogen-bond donors (Lipinski definition) is 1. The summed E-state index contributed by atoms with van der Waals surface area (Å²) in [6.07, 6.45) is 1.75. The van der Waals surface area contributed by atoms with Crippen LogP contribution in [0, 0.1) is 13.8 Å². The van der Waals surface area contributed by atoms with Gasteiger partial charge in [-0.15, -0.1) is 0 Å². The van der Waals surface area contributed by atoms with E-state index in [4.69, 9.17) is 0 Å². The zero-order valence-electron chi connectivity index (χ0n) is 17.9. The van der Waals surface area contributed by atoms with E-state index >= 15 is 0 Å². The highest BCUT2D eigenvalue weighted by Crippen LogP contribution is 2.05. The van der Waals surface area contributed by atoms with Crippen LogP contribution in [0.15, 0.2) is 6.07 Å². The van der Waals surface area contributed by atoms with Crippen LogP contribution in [0.5, 0.6) is 0 Å². The molecule has 0 radical (unpaired) electrons. The highest BCUT2D eigenvalue weighted by molar-refractivity contribution is 5.78. The first-order valence-corrected chi connectivity index (χ1v) is 10.5. The van der Waals surface area contributed by atoms with Crippen molar-refractivity contribution in [3.8, 4) is 0 Å². The van der Waals surface area contributed by atoms with Crippen LogP contribution in [0.25, 0.3) is 0 Å². The van der Waals surface area contributed by atoms with E-state index in [1.165, 1.54) is 0 Å². The molecule has 28 heavy (non-hydrogen) atoms. The zero-order chi connectivity index (χ0) is 20.5. The van der Waals surface area contributed by atoms with Crippen molar-refractivity contribution >= 4 is 11.9 Å². The smallest absolute Gasteiger partial charge is 0.317 e. The number of nitrogens with one attached hydrogen (secondary N) is 1. The molecule has 8 heteroatoms. The number of nitrogens with zero attached hydrogens (tertiary/aromatic N) is 5. The van der Waals surface area contributed by atoms with Gasteiger partial charge in [0.2, 0.25) is 5.91 Å². The quantitative estimate of drug-likeness (QED) is 0.680. The molecule has 3 amide bonds. The van der Waals surface area contributed by atoms with Gasteiger partial charge < -0.3 is 15.1 Å². The number of aromatic nitrogens is 2. The molecule has 158 valence electrons. The number of amides is 3. The van der Waals surface area contributed by atoms with Gasteiger partial charge in [0.25, 0.3) is 0 Å². The van der Waals surface area contributed by atoms with Crippen molar-refractivity contribution in [3.63, 3.8) is 0 Å². The second kappa shape index (κ2) is 11.0. The lowest BCUT2D eigenvalue weighted by Gasteiger charge is -2.25. The molecule has 2 heterocycles. The molecule has 1 aliphatic rings. The average Bonchev–Trinajstić information content (AvgIpc) is 2.84. The van der Waals surface area contributed by atoms with Gasteiger partial charge >= 0.3 is 6.03 Å². The van der Waals surface area contributed by atoms with Gasteiger partial charge in [-0.3, -0.25) is 14.4 Å². The number of aryl methyl sites for hydroxylation is 3. The van der Waals surface area contributed by atoms with Gasteiger partial charge in [0, 0.05) is 58.1 Å². The molecular weight excluding hydrogens is 356 g/mol. The SMILES string of the molecule is CCN(CC)C(=O)CN1CCCN(C(=O)NCCCn2nc(C)cc2C)CC1. The molecule has 0 saturated carbocycles. The Hall–Kier alpha value is -2.09. The van der Waals surface area contributed by atoms with Crippen LogP contribution in [-0.2, 0) is 11.3 Å². The Kier molecular flexibility index (Phi) is 8.76. The largest absolute Gasteiger partial charge is 0.342 e. The first kappa shape index (κ1) is 22.2. The van der Waals surface area contributed by atoms with Crippen LogP contribution in [0.1, 0.15) is 38.1 Å². The average molecular weight is 393 g/mol. The number of carbonyl (C=O) groups is 2. The number of urea groups is 1. The van der Waals surface area contributed by atoms with Gasteiger partial charge in [0.05, 0.1) is 12.2 Å². The number of likely N-dealkylation sites (N-methyl/N-ethyl adjacent to an activating group) is 1. The Bertz CT molecular complexity index is 641. The Balaban J connectivity index is 1.70. The van der Waals surface area contributed by atoms with Gasteiger partial charge in [-0.25, -0.2) is 4.79 Å². The maximum atomic E-state index is 12.5. The van der Waals surface area contributed by atoms with Crippen LogP contribution < -0.4 is 5.32 Å². The van der Waals surface area contributed by atoms with Gasteiger partial charge in [-0.2, -0.15) is 5.10 Å². The molecule has 0 bridgehead atoms. The molecule has 1 fully saturated rings. The monoisotopic (exact) mass is 392 g/mol. The second-order valence-electron chi connectivity index (χ2n) is 7.42. The van der Waals surface area contributed by atoms with E-state index in [-0.39, 0.29) is 11.9 Å². The van der Waals surface area contributed by atoms with Crippen LogP contribution in [0.3, 0.4) is 0 Å². The summed E-state index contributed by atoms with van der Waals surface area (Å²) in [5.41, 5.74) is 2.17. The molecule has 0 aliphatic carbocycles. The maximum absolute atomic E-state index is 12.5. The maximum Gasteiger partial charge on any atom is 0.317 e. The Morgan fingerprint density at radius 2 is 1.89 bits per heavy atom. The highest BCUT2D eigenvalue weighted by atomic mass is 16.2. The molecule has 0 unspecified atom stereocenters. The van der Waals surface area contributed by atoms with Gasteiger partial charge in [-0.05, 0) is 46.6 Å². The number of hydrogen-bond acceptors (Lipinski definition) is 4. The summed E-state index contributed by atoms with van der Waals surface area (Å²) in [5.74, 6) is 0.173. The number of rotatable bonds is 8. The summed E-state index contributed by atoms with van der Waals surface area (Å²) in [5, 5.41) is 7.46. The summed E-state index contributed by atoms with van der Waals surface area (Å²) < 4.78 is 1.98. The van der Waals surface area contributed by atoms with Crippen molar-refractivity contribution in [2.75, 3.05) is 52.4 Å². The van der Waals surface area contributed by atoms with Crippen molar-refractivity contribution in [2.45, 2.75) is 47.1 Å². The van der Waals surface area contributed by atoms with E-state index in [1.54, 1.807) is 0 Å². The van der Waals surface area contributed by atoms with Crippen LogP contribution in [0.4, 0.5) is 4.79 Å². The van der Waals surface area contributed by atoms with Crippen molar-refractivity contribution in [1.82, 2.24) is 29.8 Å². The minimum absolute atomic E-state index is 0.00899.